The number of ether oxygens (including phenoxy) is 5. The molecular weight excluding hydrogens is 1860 g/mol. The Balaban J connectivity index is 0.000000209. The number of terminal acetylenes is 1. The first kappa shape index (κ1) is 112. The Kier molecular flexibility index (Phi) is 44.8. The molecule has 1 aromatic heterocycles. The SMILES string of the molecule is C#Cc1ccc(C(=O)Cc2ccccc2S(=O)(=O)N(C)C)cc1.C=S(=O)(c1ccccc1NC(=O)c1ccc(C#N)cc1)N1CCOCC1.CCC(=O)c1ccccc1NC(=O)Nc1ccc(C(C)=O)cc1.CCOC(=O)c1ccc(CCC(=O)Cc2ccccc2C(=O)CC)cc1.COC(=O)c1cccc(CCC(=O)Cc2ccccc2C(=O)OC)c1.COC(=O)c1ccccc1CC(=O)Cc1nccs1. The number of nitrogens with one attached hydrogen (secondary N) is 3. The van der Waals surface area contributed by atoms with Crippen LogP contribution in [0.2, 0.25) is 0 Å². The van der Waals surface area contributed by atoms with Crippen molar-refractivity contribution in [2.75, 3.05) is 84.3 Å². The summed E-state index contributed by atoms with van der Waals surface area (Å²) in [6, 6.07) is 76.9. The number of Topliss-reactive ketones (excluding diaryl/α,β-unsaturated/α-hetero) is 7. The molecule has 13 rings (SSSR count). The molecule has 12 aromatic rings. The summed E-state index contributed by atoms with van der Waals surface area (Å²) < 4.78 is 65.4. The van der Waals surface area contributed by atoms with Crippen molar-refractivity contribution in [1.29, 1.82) is 5.26 Å². The molecular formula is C111H111N7O21S3. The molecule has 0 bridgehead atoms. The molecule has 1 saturated heterocycles. The average Bonchev–Trinajstić information content (AvgIpc) is 0.938. The van der Waals surface area contributed by atoms with Crippen LogP contribution in [-0.2, 0) is 103 Å². The molecule has 1 unspecified atom stereocenters. The smallest absolute Gasteiger partial charge is 0.338 e. The number of amides is 3. The molecule has 1 aliphatic rings. The van der Waals surface area contributed by atoms with E-state index in [1.807, 2.05) is 54.8 Å². The lowest BCUT2D eigenvalue weighted by Gasteiger charge is -2.30. The van der Waals surface area contributed by atoms with Crippen molar-refractivity contribution >= 4 is 130 Å². The number of carbonyl (C=O) groups is 13. The summed E-state index contributed by atoms with van der Waals surface area (Å²) >= 11 is 1.45. The topological polar surface area (TPSA) is 399 Å². The second-order valence-corrected chi connectivity index (χ2v) is 37.0. The average molecular weight is 1980 g/mol. The van der Waals surface area contributed by atoms with E-state index < -0.39 is 43.7 Å². The van der Waals surface area contributed by atoms with Gasteiger partial charge in [-0.15, -0.1) is 17.8 Å². The molecule has 0 aliphatic carbocycles. The van der Waals surface area contributed by atoms with Gasteiger partial charge in [-0.2, -0.15) is 5.26 Å². The maximum absolute atomic E-state index is 13.3. The van der Waals surface area contributed by atoms with Crippen molar-refractivity contribution in [3.8, 4) is 18.4 Å². The quantitative estimate of drug-likeness (QED) is 0.0109. The second-order valence-electron chi connectivity index (χ2n) is 31.7. The Bertz CT molecular complexity index is 6760. The number of aryl methyl sites for hydroxylation is 2. The highest BCUT2D eigenvalue weighted by Gasteiger charge is 2.27. The number of nitriles is 1. The number of nitrogens with zero attached hydrogens (tertiary/aromatic N) is 4. The van der Waals surface area contributed by atoms with Gasteiger partial charge in [0.2, 0.25) is 10.0 Å². The number of para-hydroxylation sites is 2. The number of urea groups is 1. The lowest BCUT2D eigenvalue weighted by atomic mass is 9.96. The monoisotopic (exact) mass is 1970 g/mol. The summed E-state index contributed by atoms with van der Waals surface area (Å²) in [5, 5.41) is 19.6. The minimum absolute atomic E-state index is 0.0125. The summed E-state index contributed by atoms with van der Waals surface area (Å²) in [6.45, 7) is 9.26. The third-order valence-corrected chi connectivity index (χ3v) is 26.6. The van der Waals surface area contributed by atoms with Crippen LogP contribution < -0.4 is 16.0 Å². The molecule has 0 saturated carbocycles. The van der Waals surface area contributed by atoms with Gasteiger partial charge < -0.3 is 39.6 Å². The van der Waals surface area contributed by atoms with Gasteiger partial charge in [-0.05, 0) is 193 Å². The Labute approximate surface area is 831 Å². The first-order chi connectivity index (χ1) is 68.2. The zero-order valence-corrected chi connectivity index (χ0v) is 82.7. The van der Waals surface area contributed by atoms with Crippen LogP contribution in [0, 0.1) is 23.7 Å². The number of esters is 4. The van der Waals surface area contributed by atoms with Crippen LogP contribution in [0.5, 0.6) is 0 Å². The summed E-state index contributed by atoms with van der Waals surface area (Å²) in [5.74, 6) is 4.45. The molecule has 2 heterocycles. The van der Waals surface area contributed by atoms with E-state index in [1.54, 1.807) is 249 Å². The summed E-state index contributed by atoms with van der Waals surface area (Å²) in [7, 11) is 0.578. The molecule has 11 aromatic carbocycles. The van der Waals surface area contributed by atoms with E-state index in [-0.39, 0.29) is 82.9 Å². The zero-order valence-electron chi connectivity index (χ0n) is 80.2. The fraction of sp³-hybridized carbons (Fsp3) is 0.225. The van der Waals surface area contributed by atoms with Crippen LogP contribution in [0.4, 0.5) is 21.9 Å². The highest BCUT2D eigenvalue weighted by atomic mass is 32.2. The fourth-order valence-electron chi connectivity index (χ4n) is 14.0. The molecule has 0 spiro atoms. The van der Waals surface area contributed by atoms with Crippen LogP contribution in [0.3, 0.4) is 0 Å². The number of methoxy groups -OCH3 is 3. The van der Waals surface area contributed by atoms with E-state index in [9.17, 15) is 75.0 Å². The second kappa shape index (κ2) is 57.0. The lowest BCUT2D eigenvalue weighted by Crippen LogP contribution is -2.40. The fourth-order valence-corrected chi connectivity index (χ4v) is 17.5. The number of morpholine rings is 1. The molecule has 734 valence electrons. The van der Waals surface area contributed by atoms with Crippen LogP contribution >= 0.6 is 11.3 Å². The summed E-state index contributed by atoms with van der Waals surface area (Å²) in [6.07, 6.45) is 10.6. The third kappa shape index (κ3) is 34.4. The number of carbonyl (C=O) groups excluding carboxylic acids is 13. The number of rotatable bonds is 35. The predicted octanol–water partition coefficient (Wildman–Crippen LogP) is 18.1. The Morgan fingerprint density at radius 2 is 0.951 bits per heavy atom. The van der Waals surface area contributed by atoms with E-state index in [1.165, 1.54) is 59.8 Å². The van der Waals surface area contributed by atoms with Crippen LogP contribution in [0.25, 0.3) is 0 Å². The highest BCUT2D eigenvalue weighted by molar-refractivity contribution is 7.98. The highest BCUT2D eigenvalue weighted by Crippen LogP contribution is 2.29. The molecule has 28 nitrogen and oxygen atoms in total. The van der Waals surface area contributed by atoms with E-state index >= 15 is 0 Å². The van der Waals surface area contributed by atoms with Gasteiger partial charge >= 0.3 is 29.9 Å². The number of benzene rings is 11. The van der Waals surface area contributed by atoms with Gasteiger partial charge in [-0.1, -0.05) is 159 Å². The van der Waals surface area contributed by atoms with Crippen molar-refractivity contribution in [3.63, 3.8) is 0 Å². The van der Waals surface area contributed by atoms with Gasteiger partial charge in [-0.25, -0.2) is 50.2 Å². The minimum Gasteiger partial charge on any atom is -0.465 e. The van der Waals surface area contributed by atoms with Gasteiger partial charge in [0.25, 0.3) is 5.91 Å². The van der Waals surface area contributed by atoms with Crippen molar-refractivity contribution in [1.82, 2.24) is 13.6 Å². The Morgan fingerprint density at radius 1 is 0.472 bits per heavy atom. The van der Waals surface area contributed by atoms with Gasteiger partial charge in [0.15, 0.2) is 23.1 Å². The van der Waals surface area contributed by atoms with Crippen LogP contribution in [0.15, 0.2) is 288 Å². The largest absolute Gasteiger partial charge is 0.465 e. The lowest BCUT2D eigenvalue weighted by molar-refractivity contribution is -0.119. The summed E-state index contributed by atoms with van der Waals surface area (Å²) in [5.41, 5.74) is 11.6. The van der Waals surface area contributed by atoms with Crippen molar-refractivity contribution in [3.05, 3.63) is 378 Å². The minimum atomic E-state index is -3.59. The molecule has 1 aliphatic heterocycles. The summed E-state index contributed by atoms with van der Waals surface area (Å²) in [4.78, 5) is 160. The Morgan fingerprint density at radius 3 is 1.48 bits per heavy atom. The number of hydrogen-bond acceptors (Lipinski definition) is 24. The van der Waals surface area contributed by atoms with Gasteiger partial charge in [0.05, 0.1) is 117 Å². The number of hydrogen-bond donors (Lipinski definition) is 3. The maximum atomic E-state index is 13.3. The van der Waals surface area contributed by atoms with Gasteiger partial charge in [-0.3, -0.25) is 38.4 Å². The number of anilines is 3. The molecule has 1 atom stereocenters. The first-order valence-corrected chi connectivity index (χ1v) is 49.0. The van der Waals surface area contributed by atoms with E-state index in [4.69, 9.17) is 35.4 Å². The molecule has 3 amide bonds. The van der Waals surface area contributed by atoms with Gasteiger partial charge in [0.1, 0.15) is 17.3 Å². The first-order valence-electron chi connectivity index (χ1n) is 45.0. The zero-order chi connectivity index (χ0) is 103. The number of sulfonamides is 1. The van der Waals surface area contributed by atoms with Crippen molar-refractivity contribution in [2.24, 2.45) is 0 Å². The third-order valence-electron chi connectivity index (χ3n) is 21.6. The van der Waals surface area contributed by atoms with Crippen molar-refractivity contribution in [2.45, 2.75) is 108 Å². The standard InChI is InChI=1S/C22H24O4.C20H20O5.C19H19N3O3S.C18H18N2O3.C18H17NO3S.C14H13NO3S/c1-3-21(24)20-8-6-5-7-18(20)15-19(23)14-11-16-9-12-17(13-10-16)22(25)26-4-2;1-24-19(22)16-8-5-6-14(12-16)10-11-17(21)13-15-7-3-4-9-18(15)20(23)25-2;1-26(24,22-10-12-25-13-11-22)18-5-3-2-4-17(18)21-19(23)16-8-6-15(14-20)7-9-16;1-3-17(22)15-6-4-5-7-16(15)20-18(23)19-14-10-8-13(9-11-14)12(2)21;1-4-14-9-11-15(12-10-14)17(20)13-16-7-5-6-8-18(16)23(21,22)19(2)3;1-18-14(17)12-5-3-2-4-10(12)8-11(16)9-13-15-6-7-19-13/h5-10,12-13H,3-4,11,14-15H2,1-2H3;3-9,12H,10-11,13H2,1-2H3;2-9H,1,10-13H2,(H,21,23);4-11H,3H2,1-2H3,(H2,19,20,23);1,5-12H,13H2,2-3H3;2-7H,8-9H2,1H3. The molecule has 0 radical (unpaired) electrons. The van der Waals surface area contributed by atoms with E-state index in [0.717, 1.165) is 26.0 Å². The Hall–Kier alpha value is -15.7. The van der Waals surface area contributed by atoms with Crippen LogP contribution in [0.1, 0.15) is 196 Å². The predicted molar refractivity (Wildman–Crippen MR) is 547 cm³/mol. The molecule has 142 heavy (non-hydrogen) atoms. The maximum Gasteiger partial charge on any atom is 0.338 e. The molecule has 3 N–H and O–H groups in total. The number of ketones is 7. The van der Waals surface area contributed by atoms with Crippen molar-refractivity contribution < 1.29 is 98.6 Å². The van der Waals surface area contributed by atoms with Gasteiger partial charge in [0, 0.05) is 129 Å². The normalized spacial score (nSPS) is 11.6. The van der Waals surface area contributed by atoms with Crippen LogP contribution in [-0.4, -0.2) is 177 Å². The molecule has 1 fully saturated rings. The number of aromatic nitrogens is 1. The molecule has 31 heteroatoms. The van der Waals surface area contributed by atoms with E-state index in [2.05, 4.69) is 32.7 Å². The number of thiazole rings is 1. The van der Waals surface area contributed by atoms with E-state index in [0.29, 0.717) is 178 Å².